The van der Waals surface area contributed by atoms with Crippen molar-refractivity contribution in [3.8, 4) is 11.5 Å². The summed E-state index contributed by atoms with van der Waals surface area (Å²) in [7, 11) is 3.24. The number of hydrogen-bond donors (Lipinski definition) is 0. The number of aryl methyl sites for hydroxylation is 1. The van der Waals surface area contributed by atoms with Crippen molar-refractivity contribution in [2.75, 3.05) is 14.2 Å². The van der Waals surface area contributed by atoms with Crippen molar-refractivity contribution in [2.24, 2.45) is 0 Å². The van der Waals surface area contributed by atoms with Crippen molar-refractivity contribution in [1.29, 1.82) is 0 Å². The zero-order valence-electron chi connectivity index (χ0n) is 12.5. The summed E-state index contributed by atoms with van der Waals surface area (Å²) in [5.41, 5.74) is 3.76. The van der Waals surface area contributed by atoms with Crippen LogP contribution < -0.4 is 9.47 Å². The van der Waals surface area contributed by atoms with E-state index < -0.39 is 0 Å². The number of ether oxygens (including phenoxy) is 2. The Bertz CT molecular complexity index is 689. The molecular formula is C18H18O3. The predicted octanol–water partition coefficient (Wildman–Crippen LogP) is 3.53. The average molecular weight is 282 g/mol. The van der Waals surface area contributed by atoms with Crippen LogP contribution in [0.4, 0.5) is 0 Å². The Kier molecular flexibility index (Phi) is 3.42. The third-order valence-electron chi connectivity index (χ3n) is 4.14. The minimum atomic E-state index is -0.124. The van der Waals surface area contributed by atoms with E-state index in [0.717, 1.165) is 22.3 Å². The van der Waals surface area contributed by atoms with E-state index in [2.05, 4.69) is 0 Å². The quantitative estimate of drug-likeness (QED) is 0.864. The Hall–Kier alpha value is -2.29. The number of benzene rings is 2. The molecule has 0 radical (unpaired) electrons. The predicted molar refractivity (Wildman–Crippen MR) is 81.5 cm³/mol. The van der Waals surface area contributed by atoms with Crippen LogP contribution in [0.15, 0.2) is 36.4 Å². The van der Waals surface area contributed by atoms with Gasteiger partial charge in [-0.25, -0.2) is 0 Å². The lowest BCUT2D eigenvalue weighted by Crippen LogP contribution is -2.07. The second kappa shape index (κ2) is 5.24. The zero-order valence-corrected chi connectivity index (χ0v) is 12.5. The van der Waals surface area contributed by atoms with Crippen molar-refractivity contribution in [1.82, 2.24) is 0 Å². The van der Waals surface area contributed by atoms with Gasteiger partial charge in [0.25, 0.3) is 0 Å². The van der Waals surface area contributed by atoms with Gasteiger partial charge in [0.05, 0.1) is 20.1 Å². The molecule has 108 valence electrons. The minimum Gasteiger partial charge on any atom is -0.493 e. The minimum absolute atomic E-state index is 0.124. The van der Waals surface area contributed by atoms with Crippen LogP contribution in [-0.4, -0.2) is 20.0 Å². The molecule has 0 saturated carbocycles. The highest BCUT2D eigenvalue weighted by Gasteiger charge is 2.36. The summed E-state index contributed by atoms with van der Waals surface area (Å²) >= 11 is 0. The van der Waals surface area contributed by atoms with E-state index in [1.54, 1.807) is 14.2 Å². The van der Waals surface area contributed by atoms with Crippen molar-refractivity contribution >= 4 is 5.78 Å². The summed E-state index contributed by atoms with van der Waals surface area (Å²) in [6, 6.07) is 11.8. The van der Waals surface area contributed by atoms with Gasteiger partial charge in [0.15, 0.2) is 17.3 Å². The number of hydrogen-bond acceptors (Lipinski definition) is 3. The monoisotopic (exact) mass is 282 g/mol. The first kappa shape index (κ1) is 13.7. The molecule has 0 saturated heterocycles. The standard InChI is InChI=1S/C18H18O3/c1-11-9-15(20-2)18(21-3)14-10-13(17(19)16(11)14)12-7-5-4-6-8-12/h4-9,13H,10H2,1-3H3. The second-order valence-electron chi connectivity index (χ2n) is 5.31. The molecule has 21 heavy (non-hydrogen) atoms. The van der Waals surface area contributed by atoms with E-state index in [-0.39, 0.29) is 11.7 Å². The number of rotatable bonds is 3. The summed E-state index contributed by atoms with van der Waals surface area (Å²) in [4.78, 5) is 12.8. The molecule has 3 rings (SSSR count). The van der Waals surface area contributed by atoms with Gasteiger partial charge in [-0.1, -0.05) is 30.3 Å². The van der Waals surface area contributed by atoms with Crippen LogP contribution in [0.2, 0.25) is 0 Å². The lowest BCUT2D eigenvalue weighted by atomic mass is 9.95. The molecule has 3 heteroatoms. The van der Waals surface area contributed by atoms with Gasteiger partial charge in [-0.15, -0.1) is 0 Å². The van der Waals surface area contributed by atoms with Crippen LogP contribution in [0.3, 0.4) is 0 Å². The molecule has 1 unspecified atom stereocenters. The fraction of sp³-hybridized carbons (Fsp3) is 0.278. The van der Waals surface area contributed by atoms with Gasteiger partial charge in [-0.2, -0.15) is 0 Å². The van der Waals surface area contributed by atoms with Gasteiger partial charge < -0.3 is 9.47 Å². The Morgan fingerprint density at radius 2 is 1.81 bits per heavy atom. The molecule has 0 N–H and O–H groups in total. The highest BCUT2D eigenvalue weighted by atomic mass is 16.5. The third kappa shape index (κ3) is 2.09. The number of fused-ring (bicyclic) bond motifs is 1. The van der Waals surface area contributed by atoms with Gasteiger partial charge in [0, 0.05) is 11.1 Å². The summed E-state index contributed by atoms with van der Waals surface area (Å²) in [6.07, 6.45) is 0.666. The average Bonchev–Trinajstić information content (AvgIpc) is 2.86. The van der Waals surface area contributed by atoms with E-state index in [4.69, 9.17) is 9.47 Å². The van der Waals surface area contributed by atoms with Crippen LogP contribution in [0.1, 0.15) is 33.0 Å². The molecule has 0 bridgehead atoms. The smallest absolute Gasteiger partial charge is 0.171 e. The van der Waals surface area contributed by atoms with Crippen molar-refractivity contribution in [3.05, 3.63) is 58.7 Å². The van der Waals surface area contributed by atoms with Crippen LogP contribution in [-0.2, 0) is 6.42 Å². The van der Waals surface area contributed by atoms with E-state index in [1.165, 1.54) is 0 Å². The SMILES string of the molecule is COc1cc(C)c2c(c1OC)CC(c1ccccc1)C2=O. The van der Waals surface area contributed by atoms with Crippen molar-refractivity contribution in [2.45, 2.75) is 19.3 Å². The van der Waals surface area contributed by atoms with E-state index >= 15 is 0 Å². The largest absolute Gasteiger partial charge is 0.493 e. The van der Waals surface area contributed by atoms with Crippen LogP contribution >= 0.6 is 0 Å². The second-order valence-corrected chi connectivity index (χ2v) is 5.31. The maximum Gasteiger partial charge on any atom is 0.171 e. The number of ketones is 1. The Balaban J connectivity index is 2.13. The maximum absolute atomic E-state index is 12.8. The van der Waals surface area contributed by atoms with Gasteiger partial charge >= 0.3 is 0 Å². The number of carbonyl (C=O) groups is 1. The lowest BCUT2D eigenvalue weighted by Gasteiger charge is -2.13. The number of methoxy groups -OCH3 is 2. The maximum atomic E-state index is 12.8. The first-order valence-electron chi connectivity index (χ1n) is 7.01. The summed E-state index contributed by atoms with van der Waals surface area (Å²) in [5, 5.41) is 0. The van der Waals surface area contributed by atoms with Gasteiger partial charge in [0.1, 0.15) is 0 Å². The van der Waals surface area contributed by atoms with Gasteiger partial charge in [-0.05, 0) is 30.5 Å². The fourth-order valence-corrected chi connectivity index (χ4v) is 3.17. The summed E-state index contributed by atoms with van der Waals surface area (Å²) in [5.74, 6) is 1.43. The van der Waals surface area contributed by atoms with Crippen molar-refractivity contribution in [3.63, 3.8) is 0 Å². The molecule has 0 spiro atoms. The van der Waals surface area contributed by atoms with E-state index in [0.29, 0.717) is 17.9 Å². The molecule has 1 aliphatic carbocycles. The van der Waals surface area contributed by atoms with Crippen LogP contribution in [0.5, 0.6) is 11.5 Å². The fourth-order valence-electron chi connectivity index (χ4n) is 3.17. The van der Waals surface area contributed by atoms with Crippen LogP contribution in [0.25, 0.3) is 0 Å². The van der Waals surface area contributed by atoms with Gasteiger partial charge in [-0.3, -0.25) is 4.79 Å². The zero-order chi connectivity index (χ0) is 15.0. The first-order chi connectivity index (χ1) is 10.2. The molecule has 1 atom stereocenters. The Morgan fingerprint density at radius 1 is 1.10 bits per heavy atom. The van der Waals surface area contributed by atoms with E-state index in [9.17, 15) is 4.79 Å². The molecule has 0 amide bonds. The van der Waals surface area contributed by atoms with E-state index in [1.807, 2.05) is 43.3 Å². The molecule has 0 heterocycles. The molecule has 0 aromatic heterocycles. The molecule has 1 aliphatic rings. The van der Waals surface area contributed by atoms with Crippen LogP contribution in [0, 0.1) is 6.92 Å². The molecule has 0 aliphatic heterocycles. The lowest BCUT2D eigenvalue weighted by molar-refractivity contribution is 0.0972. The first-order valence-corrected chi connectivity index (χ1v) is 7.01. The highest BCUT2D eigenvalue weighted by Crippen LogP contribution is 2.44. The molecule has 0 fully saturated rings. The topological polar surface area (TPSA) is 35.5 Å². The third-order valence-corrected chi connectivity index (χ3v) is 4.14. The molecule has 2 aromatic rings. The molecule has 2 aromatic carbocycles. The Morgan fingerprint density at radius 3 is 2.43 bits per heavy atom. The highest BCUT2D eigenvalue weighted by molar-refractivity contribution is 6.07. The summed E-state index contributed by atoms with van der Waals surface area (Å²) < 4.78 is 10.9. The normalized spacial score (nSPS) is 16.7. The van der Waals surface area contributed by atoms with Gasteiger partial charge in [0.2, 0.25) is 0 Å². The Labute approximate surface area is 124 Å². The number of carbonyl (C=O) groups excluding carboxylic acids is 1. The molecular weight excluding hydrogens is 264 g/mol. The summed E-state index contributed by atoms with van der Waals surface area (Å²) in [6.45, 7) is 1.95. The number of Topliss-reactive ketones (excluding diaryl/α,β-unsaturated/α-hetero) is 1. The molecule has 3 nitrogen and oxygen atoms in total. The van der Waals surface area contributed by atoms with Crippen molar-refractivity contribution < 1.29 is 14.3 Å².